The molecule has 0 unspecified atom stereocenters. The van der Waals surface area contributed by atoms with Gasteiger partial charge in [-0.2, -0.15) is 0 Å². The van der Waals surface area contributed by atoms with Gasteiger partial charge < -0.3 is 0 Å². The summed E-state index contributed by atoms with van der Waals surface area (Å²) in [6, 6.07) is 0. The van der Waals surface area contributed by atoms with Crippen molar-refractivity contribution in [3.05, 3.63) is 12.1 Å². The van der Waals surface area contributed by atoms with Crippen molar-refractivity contribution in [3.63, 3.8) is 0 Å². The zero-order valence-electron chi connectivity index (χ0n) is 4.37. The van der Waals surface area contributed by atoms with Gasteiger partial charge in [0.15, 0.2) is 0 Å². The summed E-state index contributed by atoms with van der Waals surface area (Å²) < 4.78 is 0. The van der Waals surface area contributed by atoms with Crippen LogP contribution in [-0.2, 0) is 0 Å². The van der Waals surface area contributed by atoms with Crippen LogP contribution in [0.4, 0.5) is 0 Å². The molecule has 0 fully saturated rings. The van der Waals surface area contributed by atoms with Crippen molar-refractivity contribution in [1.82, 2.24) is 0 Å². The van der Waals surface area contributed by atoms with Crippen molar-refractivity contribution in [3.8, 4) is 0 Å². The van der Waals surface area contributed by atoms with Crippen LogP contribution < -0.4 is 0 Å². The average molecular weight is 123 g/mol. The van der Waals surface area contributed by atoms with Crippen LogP contribution in [0.5, 0.6) is 0 Å². The third-order valence-corrected chi connectivity index (χ3v) is 0. The molecular weight excluding hydrogens is 112 g/mol. The lowest BCUT2D eigenvalue weighted by Crippen LogP contribution is -1.53. The Hall–Kier alpha value is 0.247. The van der Waals surface area contributed by atoms with E-state index in [-0.39, 0.29) is 0 Å². The molecule has 0 spiro atoms. The molecule has 0 aromatic rings. The summed E-state index contributed by atoms with van der Waals surface area (Å²) in [6.45, 7) is 7.65. The van der Waals surface area contributed by atoms with E-state index in [1.807, 2.05) is 0 Å². The summed E-state index contributed by atoms with van der Waals surface area (Å²) in [4.78, 5) is 0. The van der Waals surface area contributed by atoms with Crippen LogP contribution in [0.25, 0.3) is 0 Å². The highest BCUT2D eigenvalue weighted by Gasteiger charge is 1.38. The third kappa shape index (κ3) is 735. The van der Waals surface area contributed by atoms with Crippen molar-refractivity contribution in [2.24, 2.45) is 0 Å². The zero-order chi connectivity index (χ0) is 5.41. The average Bonchev–Trinajstić information content (AvgIpc) is 1.39. The van der Waals surface area contributed by atoms with Gasteiger partial charge in [0.05, 0.1) is 0 Å². The molecule has 0 rings (SSSR count). The van der Waals surface area contributed by atoms with Crippen LogP contribution in [0.1, 0.15) is 0 Å². The van der Waals surface area contributed by atoms with Gasteiger partial charge in [0.2, 0.25) is 0 Å². The van der Waals surface area contributed by atoms with Gasteiger partial charge in [-0.15, -0.1) is 0 Å². The number of hydrogen-bond acceptors (Lipinski definition) is 0. The standard InChI is InChI=1S/C2H3Cl.C2H8Si/c1-2-3;1-3-2/h2H,1H2;3H2,1-2H3. The first-order chi connectivity index (χ1) is 2.83. The maximum atomic E-state index is 4.76. The number of halogens is 1. The molecule has 0 radical (unpaired) electrons. The van der Waals surface area contributed by atoms with Crippen LogP contribution in [0.3, 0.4) is 0 Å². The number of hydrogen-bond donors (Lipinski definition) is 0. The molecule has 0 amide bonds. The topological polar surface area (TPSA) is 0 Å². The molecule has 0 bridgehead atoms. The van der Waals surface area contributed by atoms with Crippen LogP contribution in [0.2, 0.25) is 13.1 Å². The molecule has 0 heterocycles. The molecule has 0 aliphatic rings. The van der Waals surface area contributed by atoms with E-state index in [0.717, 1.165) is 0 Å². The lowest BCUT2D eigenvalue weighted by atomic mass is 11.3. The van der Waals surface area contributed by atoms with Crippen LogP contribution in [0, 0.1) is 0 Å². The number of rotatable bonds is 0. The first-order valence-corrected chi connectivity index (χ1v) is 5.31. The molecule has 0 aliphatic carbocycles. The van der Waals surface area contributed by atoms with Crippen LogP contribution >= 0.6 is 11.6 Å². The minimum atomic E-state index is 0.417. The molecule has 0 saturated heterocycles. The molecule has 0 aromatic carbocycles. The normalized spacial score (nSPS) is 5.17. The Morgan fingerprint density at radius 2 is 1.67 bits per heavy atom. The molecule has 0 N–H and O–H groups in total. The maximum absolute atomic E-state index is 4.76. The molecule has 0 aromatic heterocycles. The van der Waals surface area contributed by atoms with Crippen molar-refractivity contribution < 1.29 is 0 Å². The Labute approximate surface area is 47.0 Å². The van der Waals surface area contributed by atoms with Gasteiger partial charge in [0, 0.05) is 9.52 Å². The van der Waals surface area contributed by atoms with Crippen molar-refractivity contribution in [2.75, 3.05) is 0 Å². The quantitative estimate of drug-likeness (QED) is 0.429. The molecule has 0 aliphatic heterocycles. The smallest absolute Gasteiger partial charge is 0.0135 e. The minimum absolute atomic E-state index is 0.417. The molecule has 2 heteroatoms. The Morgan fingerprint density at radius 1 is 1.67 bits per heavy atom. The zero-order valence-corrected chi connectivity index (χ0v) is 6.54. The predicted molar refractivity (Wildman–Crippen MR) is 36.3 cm³/mol. The maximum Gasteiger partial charge on any atom is 0.0135 e. The second-order valence-electron chi connectivity index (χ2n) is 0.861. The highest BCUT2D eigenvalue weighted by molar-refractivity contribution is 6.31. The van der Waals surface area contributed by atoms with Crippen molar-refractivity contribution in [1.29, 1.82) is 0 Å². The highest BCUT2D eigenvalue weighted by atomic mass is 35.5. The molecule has 6 heavy (non-hydrogen) atoms. The fraction of sp³-hybridized carbons (Fsp3) is 0.500. The van der Waals surface area contributed by atoms with E-state index in [1.54, 1.807) is 0 Å². The summed E-state index contributed by atoms with van der Waals surface area (Å²) in [5.74, 6) is 0. The van der Waals surface area contributed by atoms with E-state index in [1.165, 1.54) is 5.54 Å². The predicted octanol–water partition coefficient (Wildman–Crippen LogP) is 1.62. The Morgan fingerprint density at radius 3 is 1.67 bits per heavy atom. The first kappa shape index (κ1) is 9.54. The highest BCUT2D eigenvalue weighted by Crippen LogP contribution is 1.60. The van der Waals surface area contributed by atoms with E-state index in [2.05, 4.69) is 19.7 Å². The molecule has 0 saturated carbocycles. The van der Waals surface area contributed by atoms with E-state index in [0.29, 0.717) is 9.52 Å². The van der Waals surface area contributed by atoms with Crippen molar-refractivity contribution >= 4 is 21.1 Å². The second-order valence-corrected chi connectivity index (χ2v) is 2.58. The largest absolute Gasteiger partial charge is 0.0936 e. The molecule has 0 atom stereocenters. The summed E-state index contributed by atoms with van der Waals surface area (Å²) in [5, 5.41) is 0. The van der Waals surface area contributed by atoms with Gasteiger partial charge in [-0.3, -0.25) is 0 Å². The second kappa shape index (κ2) is 18.7. The fourth-order valence-electron chi connectivity index (χ4n) is 0. The van der Waals surface area contributed by atoms with Gasteiger partial charge in [-0.1, -0.05) is 31.3 Å². The van der Waals surface area contributed by atoms with Crippen LogP contribution in [-0.4, -0.2) is 9.52 Å². The molecular formula is C4H11ClSi. The van der Waals surface area contributed by atoms with Gasteiger partial charge in [-0.25, -0.2) is 0 Å². The van der Waals surface area contributed by atoms with Crippen molar-refractivity contribution in [2.45, 2.75) is 13.1 Å². The summed E-state index contributed by atoms with van der Waals surface area (Å²) in [7, 11) is 0.417. The Bertz CT molecular complexity index is 21.5. The van der Waals surface area contributed by atoms with Gasteiger partial charge in [0.1, 0.15) is 0 Å². The lowest BCUT2D eigenvalue weighted by Gasteiger charge is -1.45. The fourth-order valence-corrected chi connectivity index (χ4v) is 0. The van der Waals surface area contributed by atoms with E-state index in [4.69, 9.17) is 11.6 Å². The lowest BCUT2D eigenvalue weighted by molar-refractivity contribution is 2.14. The monoisotopic (exact) mass is 122 g/mol. The van der Waals surface area contributed by atoms with Gasteiger partial charge >= 0.3 is 0 Å². The van der Waals surface area contributed by atoms with Gasteiger partial charge in [-0.05, 0) is 5.54 Å². The first-order valence-electron chi connectivity index (χ1n) is 2.04. The summed E-state index contributed by atoms with van der Waals surface area (Å²) >= 11 is 4.76. The van der Waals surface area contributed by atoms with E-state index < -0.39 is 0 Å². The Balaban J connectivity index is 0. The minimum Gasteiger partial charge on any atom is -0.0936 e. The summed E-state index contributed by atoms with van der Waals surface area (Å²) in [5.41, 5.74) is 1.22. The van der Waals surface area contributed by atoms with E-state index >= 15 is 0 Å². The third-order valence-electron chi connectivity index (χ3n) is 0. The van der Waals surface area contributed by atoms with E-state index in [9.17, 15) is 0 Å². The Kier molecular flexibility index (Phi) is 29.8. The van der Waals surface area contributed by atoms with Gasteiger partial charge in [0.25, 0.3) is 0 Å². The SMILES string of the molecule is C=CCl.C[SiH2]C. The summed E-state index contributed by atoms with van der Waals surface area (Å²) in [6.07, 6.45) is 0. The van der Waals surface area contributed by atoms with Crippen LogP contribution in [0.15, 0.2) is 12.1 Å². The molecule has 38 valence electrons. The molecule has 0 nitrogen and oxygen atoms in total.